The third kappa shape index (κ3) is 3.64. The summed E-state index contributed by atoms with van der Waals surface area (Å²) < 4.78 is 0. The molecule has 0 radical (unpaired) electrons. The number of nitrogens with zero attached hydrogens (tertiary/aromatic N) is 1. The van der Waals surface area contributed by atoms with Gasteiger partial charge in [0.05, 0.1) is 0 Å². The van der Waals surface area contributed by atoms with Crippen LogP contribution in [0, 0.1) is 6.92 Å². The van der Waals surface area contributed by atoms with Crippen molar-refractivity contribution in [2.75, 3.05) is 19.3 Å². The Kier molecular flexibility index (Phi) is 5.48. The normalized spacial score (nSPS) is 10.2. The number of hydrogen-bond acceptors (Lipinski definition) is 2. The van der Waals surface area contributed by atoms with Crippen molar-refractivity contribution in [3.63, 3.8) is 0 Å². The Labute approximate surface area is 114 Å². The molecule has 1 amide bonds. The highest BCUT2D eigenvalue weighted by atomic mass is 32.2. The van der Waals surface area contributed by atoms with Gasteiger partial charge in [0.2, 0.25) is 0 Å². The summed E-state index contributed by atoms with van der Waals surface area (Å²) in [6, 6.07) is 6.03. The van der Waals surface area contributed by atoms with E-state index in [4.69, 9.17) is 0 Å². The number of hydrogen-bond donors (Lipinski definition) is 0. The Morgan fingerprint density at radius 1 is 1.44 bits per heavy atom. The number of carbonyl (C=O) groups is 1. The summed E-state index contributed by atoms with van der Waals surface area (Å²) in [5.41, 5.74) is 2.83. The number of rotatable bonds is 5. The van der Waals surface area contributed by atoms with Crippen molar-refractivity contribution in [2.24, 2.45) is 0 Å². The van der Waals surface area contributed by atoms with Crippen molar-refractivity contribution in [1.29, 1.82) is 0 Å². The van der Waals surface area contributed by atoms with Gasteiger partial charge in [0.1, 0.15) is 0 Å². The minimum absolute atomic E-state index is 0.0916. The van der Waals surface area contributed by atoms with Gasteiger partial charge >= 0.3 is 0 Å². The maximum Gasteiger partial charge on any atom is 0.254 e. The standard InChI is InChI=1S/C15H21NOS/c1-6-16(10-11(2)3)15(17)14-9-13(18-5)8-7-12(14)4/h7-9H,2,6,10H2,1,3-5H3. The second-order valence-corrected chi connectivity index (χ2v) is 5.34. The smallest absolute Gasteiger partial charge is 0.254 e. The molecular weight excluding hydrogens is 242 g/mol. The monoisotopic (exact) mass is 263 g/mol. The van der Waals surface area contributed by atoms with Crippen molar-refractivity contribution in [3.8, 4) is 0 Å². The van der Waals surface area contributed by atoms with Gasteiger partial charge in [0, 0.05) is 23.5 Å². The minimum atomic E-state index is 0.0916. The van der Waals surface area contributed by atoms with Gasteiger partial charge in [-0.1, -0.05) is 18.2 Å². The van der Waals surface area contributed by atoms with Crippen molar-refractivity contribution in [2.45, 2.75) is 25.7 Å². The molecule has 3 heteroatoms. The van der Waals surface area contributed by atoms with Gasteiger partial charge in [-0.25, -0.2) is 0 Å². The third-order valence-electron chi connectivity index (χ3n) is 2.80. The highest BCUT2D eigenvalue weighted by Crippen LogP contribution is 2.20. The Bertz CT molecular complexity index is 454. The molecule has 98 valence electrons. The summed E-state index contributed by atoms with van der Waals surface area (Å²) in [7, 11) is 0. The fourth-order valence-corrected chi connectivity index (χ4v) is 2.22. The zero-order chi connectivity index (χ0) is 13.7. The zero-order valence-corrected chi connectivity index (χ0v) is 12.4. The van der Waals surface area contributed by atoms with Crippen molar-refractivity contribution in [1.82, 2.24) is 4.90 Å². The molecule has 0 heterocycles. The number of benzene rings is 1. The molecule has 0 aromatic heterocycles. The molecule has 0 aliphatic carbocycles. The number of carbonyl (C=O) groups excluding carboxylic acids is 1. The van der Waals surface area contributed by atoms with Gasteiger partial charge in [0.15, 0.2) is 0 Å². The summed E-state index contributed by atoms with van der Waals surface area (Å²) in [6.07, 6.45) is 2.02. The molecular formula is C15H21NOS. The lowest BCUT2D eigenvalue weighted by molar-refractivity contribution is 0.0777. The van der Waals surface area contributed by atoms with E-state index in [0.717, 1.165) is 21.6 Å². The molecule has 0 aliphatic heterocycles. The molecule has 0 spiro atoms. The van der Waals surface area contributed by atoms with Gasteiger partial charge in [-0.2, -0.15) is 0 Å². The first-order valence-electron chi connectivity index (χ1n) is 6.07. The van der Waals surface area contributed by atoms with Crippen LogP contribution in [0.4, 0.5) is 0 Å². The summed E-state index contributed by atoms with van der Waals surface area (Å²) in [4.78, 5) is 15.4. The second kappa shape index (κ2) is 6.64. The predicted octanol–water partition coefficient (Wildman–Crippen LogP) is 3.76. The fourth-order valence-electron chi connectivity index (χ4n) is 1.78. The van der Waals surface area contributed by atoms with E-state index < -0.39 is 0 Å². The van der Waals surface area contributed by atoms with E-state index in [1.54, 1.807) is 11.8 Å². The van der Waals surface area contributed by atoms with E-state index in [9.17, 15) is 4.79 Å². The van der Waals surface area contributed by atoms with Gasteiger partial charge in [-0.05, 0) is 44.7 Å². The highest BCUT2D eigenvalue weighted by molar-refractivity contribution is 7.98. The molecule has 1 aromatic rings. The van der Waals surface area contributed by atoms with Gasteiger partial charge in [-0.15, -0.1) is 11.8 Å². The summed E-state index contributed by atoms with van der Waals surface area (Å²) >= 11 is 1.65. The fraction of sp³-hybridized carbons (Fsp3) is 0.400. The first-order chi connectivity index (χ1) is 8.49. The van der Waals surface area contributed by atoms with Crippen molar-refractivity contribution >= 4 is 17.7 Å². The maximum absolute atomic E-state index is 12.5. The van der Waals surface area contributed by atoms with Crippen LogP contribution in [0.3, 0.4) is 0 Å². The molecule has 18 heavy (non-hydrogen) atoms. The molecule has 0 aliphatic rings. The van der Waals surface area contributed by atoms with Crippen LogP contribution in [-0.4, -0.2) is 30.2 Å². The van der Waals surface area contributed by atoms with Crippen LogP contribution in [-0.2, 0) is 0 Å². The van der Waals surface area contributed by atoms with Crippen LogP contribution in [0.1, 0.15) is 29.8 Å². The maximum atomic E-state index is 12.5. The van der Waals surface area contributed by atoms with Crippen molar-refractivity contribution < 1.29 is 4.79 Å². The largest absolute Gasteiger partial charge is 0.335 e. The topological polar surface area (TPSA) is 20.3 Å². The summed E-state index contributed by atoms with van der Waals surface area (Å²) in [6.45, 7) is 11.1. The predicted molar refractivity (Wildman–Crippen MR) is 79.4 cm³/mol. The lowest BCUT2D eigenvalue weighted by atomic mass is 10.1. The SMILES string of the molecule is C=C(C)CN(CC)C(=O)c1cc(SC)ccc1C. The minimum Gasteiger partial charge on any atom is -0.335 e. The van der Waals surface area contributed by atoms with Crippen LogP contribution < -0.4 is 0 Å². The van der Waals surface area contributed by atoms with E-state index in [1.807, 2.05) is 50.1 Å². The van der Waals surface area contributed by atoms with Gasteiger partial charge in [-0.3, -0.25) is 4.79 Å². The number of thioether (sulfide) groups is 1. The lowest BCUT2D eigenvalue weighted by Crippen LogP contribution is -2.32. The first kappa shape index (κ1) is 14.8. The molecule has 0 bridgehead atoms. The molecule has 0 N–H and O–H groups in total. The Balaban J connectivity index is 3.04. The molecule has 0 fully saturated rings. The molecule has 1 aromatic carbocycles. The molecule has 1 rings (SSSR count). The van der Waals surface area contributed by atoms with Gasteiger partial charge < -0.3 is 4.90 Å². The molecule has 2 nitrogen and oxygen atoms in total. The zero-order valence-electron chi connectivity index (χ0n) is 11.6. The van der Waals surface area contributed by atoms with Crippen LogP contribution in [0.25, 0.3) is 0 Å². The van der Waals surface area contributed by atoms with E-state index in [0.29, 0.717) is 13.1 Å². The number of aryl methyl sites for hydroxylation is 1. The van der Waals surface area contributed by atoms with E-state index in [2.05, 4.69) is 6.58 Å². The molecule has 0 saturated carbocycles. The molecule has 0 saturated heterocycles. The summed E-state index contributed by atoms with van der Waals surface area (Å²) in [5.74, 6) is 0.0916. The van der Waals surface area contributed by atoms with E-state index >= 15 is 0 Å². The van der Waals surface area contributed by atoms with Crippen LogP contribution in [0.15, 0.2) is 35.2 Å². The van der Waals surface area contributed by atoms with Gasteiger partial charge in [0.25, 0.3) is 5.91 Å². The second-order valence-electron chi connectivity index (χ2n) is 4.46. The average molecular weight is 263 g/mol. The third-order valence-corrected chi connectivity index (χ3v) is 3.53. The van der Waals surface area contributed by atoms with Crippen molar-refractivity contribution in [3.05, 3.63) is 41.5 Å². The van der Waals surface area contributed by atoms with Crippen LogP contribution in [0.5, 0.6) is 0 Å². The average Bonchev–Trinajstić information content (AvgIpc) is 2.35. The summed E-state index contributed by atoms with van der Waals surface area (Å²) in [5, 5.41) is 0. The number of likely N-dealkylation sites (N-methyl/N-ethyl adjacent to an activating group) is 1. The first-order valence-corrected chi connectivity index (χ1v) is 7.30. The Morgan fingerprint density at radius 3 is 2.61 bits per heavy atom. The van der Waals surface area contributed by atoms with Crippen LogP contribution in [0.2, 0.25) is 0 Å². The Hall–Kier alpha value is -1.22. The molecule has 0 atom stereocenters. The number of amides is 1. The lowest BCUT2D eigenvalue weighted by Gasteiger charge is -2.22. The quantitative estimate of drug-likeness (QED) is 0.595. The van der Waals surface area contributed by atoms with E-state index in [-0.39, 0.29) is 5.91 Å². The Morgan fingerprint density at radius 2 is 2.11 bits per heavy atom. The van der Waals surface area contributed by atoms with Crippen LogP contribution >= 0.6 is 11.8 Å². The van der Waals surface area contributed by atoms with E-state index in [1.165, 1.54) is 0 Å². The highest BCUT2D eigenvalue weighted by Gasteiger charge is 2.16. The molecule has 0 unspecified atom stereocenters.